The Morgan fingerprint density at radius 3 is 2.61 bits per heavy atom. The molecule has 1 heterocycles. The van der Waals surface area contributed by atoms with Gasteiger partial charge in [-0.3, -0.25) is 9.69 Å². The molecule has 1 fully saturated rings. The van der Waals surface area contributed by atoms with Gasteiger partial charge in [-0.05, 0) is 36.8 Å². The van der Waals surface area contributed by atoms with Crippen molar-refractivity contribution in [2.45, 2.75) is 13.0 Å². The molecule has 1 aliphatic rings. The lowest BCUT2D eigenvalue weighted by Crippen LogP contribution is -2.44. The summed E-state index contributed by atoms with van der Waals surface area (Å²) < 4.78 is 16.4. The summed E-state index contributed by atoms with van der Waals surface area (Å²) in [5.41, 5.74) is 2.27. The average Bonchev–Trinajstić information content (AvgIpc) is 2.74. The van der Waals surface area contributed by atoms with E-state index in [1.807, 2.05) is 49.4 Å². The van der Waals surface area contributed by atoms with E-state index < -0.39 is 0 Å². The molecule has 0 radical (unpaired) electrons. The first-order chi connectivity index (χ1) is 13.7. The maximum absolute atomic E-state index is 12.3. The van der Waals surface area contributed by atoms with Crippen LogP contribution in [-0.4, -0.2) is 57.4 Å². The van der Waals surface area contributed by atoms with Crippen molar-refractivity contribution in [1.29, 1.82) is 0 Å². The Hall–Kier alpha value is -2.57. The van der Waals surface area contributed by atoms with Crippen molar-refractivity contribution in [2.75, 3.05) is 46.6 Å². The molecule has 1 saturated heterocycles. The summed E-state index contributed by atoms with van der Waals surface area (Å²) >= 11 is 0. The largest absolute Gasteiger partial charge is 0.497 e. The SMILES string of the molecule is COc1cccc([C@H](CNC(=O)COc2ccc(C)cc2)N2CCOCC2)c1. The van der Waals surface area contributed by atoms with Gasteiger partial charge in [0.2, 0.25) is 0 Å². The second kappa shape index (κ2) is 10.1. The van der Waals surface area contributed by atoms with Crippen molar-refractivity contribution in [3.8, 4) is 11.5 Å². The molecule has 0 saturated carbocycles. The molecule has 0 aliphatic carbocycles. The van der Waals surface area contributed by atoms with Gasteiger partial charge in [0.1, 0.15) is 11.5 Å². The Morgan fingerprint density at radius 2 is 1.89 bits per heavy atom. The van der Waals surface area contributed by atoms with Crippen LogP contribution in [0.3, 0.4) is 0 Å². The summed E-state index contributed by atoms with van der Waals surface area (Å²) in [6.45, 7) is 5.58. The third-order valence-electron chi connectivity index (χ3n) is 4.85. The van der Waals surface area contributed by atoms with Crippen molar-refractivity contribution in [2.24, 2.45) is 0 Å². The number of hydrogen-bond donors (Lipinski definition) is 1. The summed E-state index contributed by atoms with van der Waals surface area (Å²) in [6.07, 6.45) is 0. The highest BCUT2D eigenvalue weighted by molar-refractivity contribution is 5.77. The zero-order valence-electron chi connectivity index (χ0n) is 16.5. The van der Waals surface area contributed by atoms with Crippen LogP contribution in [0.4, 0.5) is 0 Å². The lowest BCUT2D eigenvalue weighted by atomic mass is 10.0. The van der Waals surface area contributed by atoms with Crippen molar-refractivity contribution in [3.05, 3.63) is 59.7 Å². The molecule has 3 rings (SSSR count). The number of methoxy groups -OCH3 is 1. The highest BCUT2D eigenvalue weighted by Crippen LogP contribution is 2.24. The molecular formula is C22H28N2O4. The third kappa shape index (κ3) is 5.71. The molecule has 0 aromatic heterocycles. The van der Waals surface area contributed by atoms with Gasteiger partial charge in [-0.15, -0.1) is 0 Å². The van der Waals surface area contributed by atoms with Crippen LogP contribution in [-0.2, 0) is 9.53 Å². The second-order valence-electron chi connectivity index (χ2n) is 6.85. The first kappa shape index (κ1) is 20.2. The van der Waals surface area contributed by atoms with E-state index in [2.05, 4.69) is 16.3 Å². The summed E-state index contributed by atoms with van der Waals surface area (Å²) in [6, 6.07) is 15.7. The number of nitrogens with one attached hydrogen (secondary N) is 1. The molecule has 150 valence electrons. The fraction of sp³-hybridized carbons (Fsp3) is 0.409. The number of amides is 1. The number of hydrogen-bond acceptors (Lipinski definition) is 5. The Balaban J connectivity index is 1.60. The molecular weight excluding hydrogens is 356 g/mol. The lowest BCUT2D eigenvalue weighted by molar-refractivity contribution is -0.123. The molecule has 1 N–H and O–H groups in total. The average molecular weight is 384 g/mol. The van der Waals surface area contributed by atoms with E-state index in [9.17, 15) is 4.79 Å². The lowest BCUT2D eigenvalue weighted by Gasteiger charge is -2.35. The van der Waals surface area contributed by atoms with Gasteiger partial charge in [-0.25, -0.2) is 0 Å². The minimum absolute atomic E-state index is 0.00297. The van der Waals surface area contributed by atoms with Gasteiger partial charge in [-0.2, -0.15) is 0 Å². The predicted octanol–water partition coefficient (Wildman–Crippen LogP) is 2.57. The number of ether oxygens (including phenoxy) is 3. The second-order valence-corrected chi connectivity index (χ2v) is 6.85. The van der Waals surface area contributed by atoms with E-state index >= 15 is 0 Å². The Labute approximate surface area is 166 Å². The van der Waals surface area contributed by atoms with Crippen LogP contribution in [0.15, 0.2) is 48.5 Å². The van der Waals surface area contributed by atoms with E-state index in [1.54, 1.807) is 7.11 Å². The number of carbonyl (C=O) groups is 1. The Kier molecular flexibility index (Phi) is 7.28. The van der Waals surface area contributed by atoms with Gasteiger partial charge in [0.25, 0.3) is 5.91 Å². The van der Waals surface area contributed by atoms with Gasteiger partial charge in [0.05, 0.1) is 26.4 Å². The minimum Gasteiger partial charge on any atom is -0.497 e. The molecule has 1 amide bonds. The molecule has 1 atom stereocenters. The number of rotatable bonds is 8. The van der Waals surface area contributed by atoms with Gasteiger partial charge in [0.15, 0.2) is 6.61 Å². The van der Waals surface area contributed by atoms with E-state index in [4.69, 9.17) is 14.2 Å². The molecule has 28 heavy (non-hydrogen) atoms. The van der Waals surface area contributed by atoms with Gasteiger partial charge < -0.3 is 19.5 Å². The fourth-order valence-electron chi connectivity index (χ4n) is 3.24. The van der Waals surface area contributed by atoms with Crippen LogP contribution < -0.4 is 14.8 Å². The number of aryl methyl sites for hydroxylation is 1. The summed E-state index contributed by atoms with van der Waals surface area (Å²) in [5, 5.41) is 3.01. The van der Waals surface area contributed by atoms with Crippen LogP contribution in [0.5, 0.6) is 11.5 Å². The number of nitrogens with zero attached hydrogens (tertiary/aromatic N) is 1. The van der Waals surface area contributed by atoms with E-state index in [0.29, 0.717) is 25.5 Å². The molecule has 6 heteroatoms. The van der Waals surface area contributed by atoms with Crippen LogP contribution in [0.2, 0.25) is 0 Å². The maximum atomic E-state index is 12.3. The zero-order chi connectivity index (χ0) is 19.8. The van der Waals surface area contributed by atoms with Crippen molar-refractivity contribution in [1.82, 2.24) is 10.2 Å². The van der Waals surface area contributed by atoms with Crippen LogP contribution in [0.1, 0.15) is 17.2 Å². The normalized spacial score (nSPS) is 15.6. The fourth-order valence-corrected chi connectivity index (χ4v) is 3.24. The standard InChI is InChI=1S/C22H28N2O4/c1-17-6-8-19(9-7-17)28-16-22(25)23-15-21(24-10-12-27-13-11-24)18-4-3-5-20(14-18)26-2/h3-9,14,21H,10-13,15-16H2,1-2H3,(H,23,25)/t21-/m0/s1. The molecule has 2 aromatic rings. The maximum Gasteiger partial charge on any atom is 0.258 e. The molecule has 0 spiro atoms. The molecule has 6 nitrogen and oxygen atoms in total. The van der Waals surface area contributed by atoms with Gasteiger partial charge >= 0.3 is 0 Å². The molecule has 1 aliphatic heterocycles. The number of benzene rings is 2. The third-order valence-corrected chi connectivity index (χ3v) is 4.85. The van der Waals surface area contributed by atoms with Crippen LogP contribution >= 0.6 is 0 Å². The monoisotopic (exact) mass is 384 g/mol. The van der Waals surface area contributed by atoms with Gasteiger partial charge in [-0.1, -0.05) is 29.8 Å². The van der Waals surface area contributed by atoms with E-state index in [1.165, 1.54) is 0 Å². The number of morpholine rings is 1. The van der Waals surface area contributed by atoms with E-state index in [0.717, 1.165) is 30.0 Å². The van der Waals surface area contributed by atoms with Crippen LogP contribution in [0, 0.1) is 6.92 Å². The van der Waals surface area contributed by atoms with Gasteiger partial charge in [0, 0.05) is 19.6 Å². The quantitative estimate of drug-likeness (QED) is 0.758. The smallest absolute Gasteiger partial charge is 0.258 e. The Morgan fingerprint density at radius 1 is 1.14 bits per heavy atom. The first-order valence-corrected chi connectivity index (χ1v) is 9.57. The van der Waals surface area contributed by atoms with E-state index in [-0.39, 0.29) is 18.6 Å². The minimum atomic E-state index is -0.137. The molecule has 2 aromatic carbocycles. The summed E-state index contributed by atoms with van der Waals surface area (Å²) in [5.74, 6) is 1.37. The zero-order valence-corrected chi connectivity index (χ0v) is 16.5. The first-order valence-electron chi connectivity index (χ1n) is 9.57. The predicted molar refractivity (Wildman–Crippen MR) is 108 cm³/mol. The Bertz CT molecular complexity index is 757. The van der Waals surface area contributed by atoms with Crippen molar-refractivity contribution >= 4 is 5.91 Å². The van der Waals surface area contributed by atoms with Crippen LogP contribution in [0.25, 0.3) is 0 Å². The van der Waals surface area contributed by atoms with Crippen molar-refractivity contribution < 1.29 is 19.0 Å². The molecule has 0 bridgehead atoms. The summed E-state index contributed by atoms with van der Waals surface area (Å²) in [4.78, 5) is 14.7. The molecule has 0 unspecified atom stereocenters. The summed E-state index contributed by atoms with van der Waals surface area (Å²) in [7, 11) is 1.66. The highest BCUT2D eigenvalue weighted by Gasteiger charge is 2.23. The number of carbonyl (C=O) groups excluding carboxylic acids is 1. The topological polar surface area (TPSA) is 60.0 Å². The van der Waals surface area contributed by atoms with Crippen molar-refractivity contribution in [3.63, 3.8) is 0 Å². The highest BCUT2D eigenvalue weighted by atomic mass is 16.5.